The molecule has 1 aliphatic rings. The van der Waals surface area contributed by atoms with Gasteiger partial charge in [-0.3, -0.25) is 9.88 Å². The van der Waals surface area contributed by atoms with Crippen molar-refractivity contribution in [3.05, 3.63) is 59.9 Å². The van der Waals surface area contributed by atoms with E-state index in [1.165, 1.54) is 12.0 Å². The maximum Gasteiger partial charge on any atom is 0.0917 e. The number of aromatic nitrogens is 1. The number of hydrogen-bond donors (Lipinski definition) is 2. The number of hydrogen-bond acceptors (Lipinski definition) is 4. The molecule has 4 heteroatoms. The van der Waals surface area contributed by atoms with Gasteiger partial charge in [0.05, 0.1) is 6.10 Å². The maximum atomic E-state index is 10.4. The van der Waals surface area contributed by atoms with Gasteiger partial charge in [0.2, 0.25) is 0 Å². The zero-order valence-corrected chi connectivity index (χ0v) is 12.0. The van der Waals surface area contributed by atoms with Crippen LogP contribution in [0.3, 0.4) is 0 Å². The number of aliphatic hydroxyl groups is 1. The van der Waals surface area contributed by atoms with Gasteiger partial charge in [-0.1, -0.05) is 12.1 Å². The molecule has 0 amide bonds. The van der Waals surface area contributed by atoms with Gasteiger partial charge in [0.25, 0.3) is 0 Å². The van der Waals surface area contributed by atoms with E-state index in [0.717, 1.165) is 24.2 Å². The first-order chi connectivity index (χ1) is 10.2. The van der Waals surface area contributed by atoms with Crippen LogP contribution in [-0.4, -0.2) is 28.1 Å². The van der Waals surface area contributed by atoms with Crippen LogP contribution in [0.2, 0.25) is 0 Å². The highest BCUT2D eigenvalue weighted by atomic mass is 16.3. The minimum Gasteiger partial charge on any atom is -0.399 e. The molecule has 0 aliphatic carbocycles. The largest absolute Gasteiger partial charge is 0.399 e. The second-order valence-corrected chi connectivity index (χ2v) is 5.62. The monoisotopic (exact) mass is 283 g/mol. The van der Waals surface area contributed by atoms with Crippen molar-refractivity contribution < 1.29 is 5.11 Å². The first kappa shape index (κ1) is 14.0. The van der Waals surface area contributed by atoms with Crippen molar-refractivity contribution in [2.24, 2.45) is 0 Å². The predicted octanol–water partition coefficient (Wildman–Crippen LogP) is 2.53. The molecule has 1 aromatic heterocycles. The second kappa shape index (κ2) is 6.24. The number of nitrogens with two attached hydrogens (primary N) is 1. The number of anilines is 1. The molecule has 0 radical (unpaired) electrons. The van der Waals surface area contributed by atoms with Gasteiger partial charge in [-0.25, -0.2) is 0 Å². The van der Waals surface area contributed by atoms with Crippen LogP contribution in [-0.2, 0) is 0 Å². The van der Waals surface area contributed by atoms with E-state index in [9.17, 15) is 5.11 Å². The van der Waals surface area contributed by atoms with E-state index >= 15 is 0 Å². The van der Waals surface area contributed by atoms with E-state index in [2.05, 4.69) is 22.0 Å². The van der Waals surface area contributed by atoms with Crippen LogP contribution in [0.4, 0.5) is 5.69 Å². The summed E-state index contributed by atoms with van der Waals surface area (Å²) in [4.78, 5) is 6.44. The third-order valence-corrected chi connectivity index (χ3v) is 4.18. The van der Waals surface area contributed by atoms with Crippen LogP contribution < -0.4 is 5.73 Å². The lowest BCUT2D eigenvalue weighted by molar-refractivity contribution is 0.106. The number of nitrogen functional groups attached to an aromatic ring is 1. The molecule has 1 aliphatic heterocycles. The fraction of sp³-hybridized carbons (Fsp3) is 0.353. The lowest BCUT2D eigenvalue weighted by Gasteiger charge is -2.27. The summed E-state index contributed by atoms with van der Waals surface area (Å²) >= 11 is 0. The van der Waals surface area contributed by atoms with Gasteiger partial charge in [0.1, 0.15) is 0 Å². The van der Waals surface area contributed by atoms with Gasteiger partial charge in [-0.05, 0) is 54.8 Å². The van der Waals surface area contributed by atoms with Crippen LogP contribution >= 0.6 is 0 Å². The molecule has 1 saturated heterocycles. The molecular formula is C17H21N3O. The fourth-order valence-electron chi connectivity index (χ4n) is 3.05. The quantitative estimate of drug-likeness (QED) is 0.846. The predicted molar refractivity (Wildman–Crippen MR) is 83.6 cm³/mol. The number of β-amino-alcohol motifs (C(OH)–C–C–N with tert-alkyl or cyclic N) is 1. The second-order valence-electron chi connectivity index (χ2n) is 5.62. The van der Waals surface area contributed by atoms with Gasteiger partial charge in [-0.2, -0.15) is 0 Å². The highest BCUT2D eigenvalue weighted by molar-refractivity contribution is 5.39. The van der Waals surface area contributed by atoms with Gasteiger partial charge in [0, 0.05) is 30.7 Å². The molecular weight excluding hydrogens is 262 g/mol. The third kappa shape index (κ3) is 3.23. The Morgan fingerprint density at radius 1 is 1.19 bits per heavy atom. The molecule has 2 unspecified atom stereocenters. The number of rotatable bonds is 4. The summed E-state index contributed by atoms with van der Waals surface area (Å²) in [5.74, 6) is 0. The molecule has 0 bridgehead atoms. The molecule has 2 atom stereocenters. The molecule has 3 N–H and O–H groups in total. The minimum atomic E-state index is -0.479. The Hall–Kier alpha value is -1.91. The SMILES string of the molecule is Nc1ccc(C(O)CN2CCCC2c2ccncc2)cc1. The lowest BCUT2D eigenvalue weighted by Crippen LogP contribution is -2.28. The topological polar surface area (TPSA) is 62.4 Å². The Morgan fingerprint density at radius 3 is 2.62 bits per heavy atom. The van der Waals surface area contributed by atoms with E-state index in [0.29, 0.717) is 12.6 Å². The molecule has 0 saturated carbocycles. The molecule has 1 fully saturated rings. The Balaban J connectivity index is 1.70. The summed E-state index contributed by atoms with van der Waals surface area (Å²) in [5.41, 5.74) is 8.62. The van der Waals surface area contributed by atoms with E-state index in [1.54, 1.807) is 0 Å². The van der Waals surface area contributed by atoms with Crippen LogP contribution in [0.25, 0.3) is 0 Å². The van der Waals surface area contributed by atoms with Crippen LogP contribution in [0.15, 0.2) is 48.8 Å². The van der Waals surface area contributed by atoms with Gasteiger partial charge in [-0.15, -0.1) is 0 Å². The average molecular weight is 283 g/mol. The van der Waals surface area contributed by atoms with Crippen LogP contribution in [0.1, 0.15) is 36.1 Å². The molecule has 1 aromatic carbocycles. The summed E-state index contributed by atoms with van der Waals surface area (Å²) in [6, 6.07) is 12.0. The van der Waals surface area contributed by atoms with Crippen molar-refractivity contribution in [1.82, 2.24) is 9.88 Å². The highest BCUT2D eigenvalue weighted by Gasteiger charge is 2.27. The first-order valence-corrected chi connectivity index (χ1v) is 7.41. The first-order valence-electron chi connectivity index (χ1n) is 7.41. The number of pyridine rings is 1. The number of nitrogens with zero attached hydrogens (tertiary/aromatic N) is 2. The summed E-state index contributed by atoms with van der Waals surface area (Å²) in [6.45, 7) is 1.68. The number of benzene rings is 1. The minimum absolute atomic E-state index is 0.386. The van der Waals surface area contributed by atoms with Crippen molar-refractivity contribution in [3.8, 4) is 0 Å². The lowest BCUT2D eigenvalue weighted by atomic mass is 10.0. The molecule has 110 valence electrons. The smallest absolute Gasteiger partial charge is 0.0917 e. The van der Waals surface area contributed by atoms with Gasteiger partial charge >= 0.3 is 0 Å². The summed E-state index contributed by atoms with van der Waals surface area (Å²) in [5, 5.41) is 10.4. The maximum absolute atomic E-state index is 10.4. The molecule has 3 rings (SSSR count). The molecule has 2 aromatic rings. The van der Waals surface area contributed by atoms with Crippen molar-refractivity contribution >= 4 is 5.69 Å². The zero-order chi connectivity index (χ0) is 14.7. The van der Waals surface area contributed by atoms with Crippen LogP contribution in [0, 0.1) is 0 Å². The van der Waals surface area contributed by atoms with Crippen molar-refractivity contribution in [1.29, 1.82) is 0 Å². The Kier molecular flexibility index (Phi) is 4.18. The van der Waals surface area contributed by atoms with Crippen molar-refractivity contribution in [3.63, 3.8) is 0 Å². The molecule has 4 nitrogen and oxygen atoms in total. The zero-order valence-electron chi connectivity index (χ0n) is 12.0. The van der Waals surface area contributed by atoms with Crippen molar-refractivity contribution in [2.45, 2.75) is 25.0 Å². The fourth-order valence-corrected chi connectivity index (χ4v) is 3.05. The molecule has 21 heavy (non-hydrogen) atoms. The third-order valence-electron chi connectivity index (χ3n) is 4.18. The standard InChI is InChI=1S/C17H21N3O/c18-15-5-3-14(4-6-15)17(21)12-20-11-1-2-16(20)13-7-9-19-10-8-13/h3-10,16-17,21H,1-2,11-12,18H2. The highest BCUT2D eigenvalue weighted by Crippen LogP contribution is 2.33. The van der Waals surface area contributed by atoms with E-state index in [-0.39, 0.29) is 0 Å². The Morgan fingerprint density at radius 2 is 1.90 bits per heavy atom. The Bertz CT molecular complexity index is 570. The summed E-state index contributed by atoms with van der Waals surface area (Å²) in [6.07, 6.45) is 5.50. The van der Waals surface area contributed by atoms with E-state index in [4.69, 9.17) is 5.73 Å². The van der Waals surface area contributed by atoms with Gasteiger partial charge < -0.3 is 10.8 Å². The number of aliphatic hydroxyl groups excluding tert-OH is 1. The van der Waals surface area contributed by atoms with E-state index in [1.807, 2.05) is 36.7 Å². The summed E-state index contributed by atoms with van der Waals surface area (Å²) < 4.78 is 0. The number of likely N-dealkylation sites (tertiary alicyclic amines) is 1. The molecule has 0 spiro atoms. The summed E-state index contributed by atoms with van der Waals surface area (Å²) in [7, 11) is 0. The van der Waals surface area contributed by atoms with E-state index < -0.39 is 6.10 Å². The van der Waals surface area contributed by atoms with Crippen molar-refractivity contribution in [2.75, 3.05) is 18.8 Å². The van der Waals surface area contributed by atoms with Gasteiger partial charge in [0.15, 0.2) is 0 Å². The average Bonchev–Trinajstić information content (AvgIpc) is 2.97. The van der Waals surface area contributed by atoms with Crippen LogP contribution in [0.5, 0.6) is 0 Å². The Labute approximate surface area is 125 Å². The normalized spacial score (nSPS) is 20.5. The molecule has 2 heterocycles.